The number of hydrogen-bond acceptors (Lipinski definition) is 3. The Morgan fingerprint density at radius 3 is 2.94 bits per heavy atom. The highest BCUT2D eigenvalue weighted by molar-refractivity contribution is 5.21. The summed E-state index contributed by atoms with van der Waals surface area (Å²) in [5.41, 5.74) is 2.45. The first kappa shape index (κ1) is 12.5. The van der Waals surface area contributed by atoms with E-state index in [2.05, 4.69) is 37.1 Å². The van der Waals surface area contributed by atoms with Crippen molar-refractivity contribution in [1.29, 1.82) is 0 Å². The topological polar surface area (TPSA) is 34.2 Å². The summed E-state index contributed by atoms with van der Waals surface area (Å²) in [5.74, 6) is 0.611. The Bertz CT molecular complexity index is 367. The van der Waals surface area contributed by atoms with Crippen LogP contribution >= 0.6 is 0 Å². The molecule has 1 N–H and O–H groups in total. The minimum Gasteiger partial charge on any atom is -0.376 e. The average molecular weight is 234 g/mol. The van der Waals surface area contributed by atoms with E-state index in [0.29, 0.717) is 5.92 Å². The van der Waals surface area contributed by atoms with E-state index in [1.807, 2.05) is 12.4 Å². The monoisotopic (exact) mass is 234 g/mol. The molecule has 17 heavy (non-hydrogen) atoms. The molecule has 0 aliphatic carbocycles. The molecule has 3 heteroatoms. The van der Waals surface area contributed by atoms with E-state index < -0.39 is 0 Å². The Hall–Kier alpha value is -0.930. The van der Waals surface area contributed by atoms with Crippen molar-refractivity contribution in [3.63, 3.8) is 0 Å². The van der Waals surface area contributed by atoms with Crippen molar-refractivity contribution in [2.24, 2.45) is 5.92 Å². The van der Waals surface area contributed by atoms with E-state index in [0.717, 1.165) is 19.6 Å². The zero-order valence-corrected chi connectivity index (χ0v) is 10.9. The molecule has 0 saturated carbocycles. The van der Waals surface area contributed by atoms with E-state index in [4.69, 9.17) is 4.74 Å². The van der Waals surface area contributed by atoms with E-state index in [1.165, 1.54) is 11.1 Å². The van der Waals surface area contributed by atoms with E-state index >= 15 is 0 Å². The lowest BCUT2D eigenvalue weighted by molar-refractivity contribution is 0.0611. The van der Waals surface area contributed by atoms with Crippen LogP contribution in [0.3, 0.4) is 0 Å². The Labute approximate surface area is 104 Å². The molecular weight excluding hydrogens is 212 g/mol. The molecule has 2 heterocycles. The van der Waals surface area contributed by atoms with Crippen molar-refractivity contribution >= 4 is 0 Å². The minimum absolute atomic E-state index is 0.268. The standard InChI is InChI=1S/C14H22N2O/c1-4-16-13(14-11(3)5-6-17-14)12-7-10(2)8-15-9-12/h7-9,11,13-14,16H,4-6H2,1-3H3. The molecule has 1 aromatic rings. The molecule has 0 amide bonds. The molecule has 3 atom stereocenters. The summed E-state index contributed by atoms with van der Waals surface area (Å²) in [4.78, 5) is 4.29. The summed E-state index contributed by atoms with van der Waals surface area (Å²) >= 11 is 0. The van der Waals surface area contributed by atoms with Crippen molar-refractivity contribution in [3.8, 4) is 0 Å². The zero-order valence-electron chi connectivity index (χ0n) is 10.9. The predicted octanol–water partition coefficient (Wildman–Crippen LogP) is 2.47. The maximum absolute atomic E-state index is 5.88. The van der Waals surface area contributed by atoms with Gasteiger partial charge >= 0.3 is 0 Å². The fourth-order valence-corrected chi connectivity index (χ4v) is 2.54. The lowest BCUT2D eigenvalue weighted by atomic mass is 9.93. The smallest absolute Gasteiger partial charge is 0.0796 e. The van der Waals surface area contributed by atoms with Crippen LogP contribution < -0.4 is 5.32 Å². The van der Waals surface area contributed by atoms with Gasteiger partial charge in [0.25, 0.3) is 0 Å². The maximum atomic E-state index is 5.88. The molecule has 1 aromatic heterocycles. The van der Waals surface area contributed by atoms with Crippen LogP contribution in [-0.4, -0.2) is 24.2 Å². The van der Waals surface area contributed by atoms with E-state index in [-0.39, 0.29) is 12.1 Å². The number of hydrogen-bond donors (Lipinski definition) is 1. The Morgan fingerprint density at radius 2 is 2.35 bits per heavy atom. The summed E-state index contributed by atoms with van der Waals surface area (Å²) < 4.78 is 5.88. The molecule has 0 spiro atoms. The van der Waals surface area contributed by atoms with Crippen molar-refractivity contribution in [3.05, 3.63) is 29.6 Å². The van der Waals surface area contributed by atoms with Crippen LogP contribution in [0.15, 0.2) is 18.5 Å². The van der Waals surface area contributed by atoms with Gasteiger partial charge in [-0.15, -0.1) is 0 Å². The van der Waals surface area contributed by atoms with Gasteiger partial charge in [0.2, 0.25) is 0 Å². The van der Waals surface area contributed by atoms with Crippen LogP contribution in [0.5, 0.6) is 0 Å². The summed E-state index contributed by atoms with van der Waals surface area (Å²) in [5, 5.41) is 3.53. The van der Waals surface area contributed by atoms with E-state index in [9.17, 15) is 0 Å². The van der Waals surface area contributed by atoms with Crippen LogP contribution in [0.25, 0.3) is 0 Å². The van der Waals surface area contributed by atoms with Gasteiger partial charge in [0.1, 0.15) is 0 Å². The maximum Gasteiger partial charge on any atom is 0.0796 e. The summed E-state index contributed by atoms with van der Waals surface area (Å²) in [6, 6.07) is 2.47. The lowest BCUT2D eigenvalue weighted by Crippen LogP contribution is -2.34. The SMILES string of the molecule is CCNC(c1cncc(C)c1)C1OCCC1C. The second kappa shape index (κ2) is 5.61. The highest BCUT2D eigenvalue weighted by Crippen LogP contribution is 2.31. The number of nitrogens with one attached hydrogen (secondary N) is 1. The number of aryl methyl sites for hydroxylation is 1. The minimum atomic E-state index is 0.268. The Kier molecular flexibility index (Phi) is 4.13. The third kappa shape index (κ3) is 2.85. The molecule has 1 aliphatic rings. The predicted molar refractivity (Wildman–Crippen MR) is 68.9 cm³/mol. The number of aromatic nitrogens is 1. The van der Waals surface area contributed by atoms with Gasteiger partial charge in [0.15, 0.2) is 0 Å². The number of likely N-dealkylation sites (N-methyl/N-ethyl adjacent to an activating group) is 1. The highest BCUT2D eigenvalue weighted by Gasteiger charge is 2.32. The first-order chi connectivity index (χ1) is 8.22. The van der Waals surface area contributed by atoms with Gasteiger partial charge in [-0.3, -0.25) is 4.98 Å². The number of ether oxygens (including phenoxy) is 1. The fourth-order valence-electron chi connectivity index (χ4n) is 2.54. The van der Waals surface area contributed by atoms with Gasteiger partial charge in [-0.1, -0.05) is 19.9 Å². The third-order valence-corrected chi connectivity index (χ3v) is 3.45. The zero-order chi connectivity index (χ0) is 12.3. The molecule has 0 radical (unpaired) electrons. The number of nitrogens with zero attached hydrogens (tertiary/aromatic N) is 1. The van der Waals surface area contributed by atoms with Gasteiger partial charge in [0, 0.05) is 19.0 Å². The third-order valence-electron chi connectivity index (χ3n) is 3.45. The van der Waals surface area contributed by atoms with Gasteiger partial charge in [-0.05, 0) is 36.9 Å². The quantitative estimate of drug-likeness (QED) is 0.869. The first-order valence-corrected chi connectivity index (χ1v) is 6.49. The molecule has 1 aliphatic heterocycles. The second-order valence-electron chi connectivity index (χ2n) is 4.93. The van der Waals surface area contributed by atoms with Gasteiger partial charge in [-0.2, -0.15) is 0 Å². The van der Waals surface area contributed by atoms with Crippen molar-refractivity contribution in [1.82, 2.24) is 10.3 Å². The summed E-state index contributed by atoms with van der Waals surface area (Å²) in [6.07, 6.45) is 5.28. The molecule has 3 nitrogen and oxygen atoms in total. The largest absolute Gasteiger partial charge is 0.376 e. The summed E-state index contributed by atoms with van der Waals surface area (Å²) in [7, 11) is 0. The van der Waals surface area contributed by atoms with Crippen molar-refractivity contribution in [2.45, 2.75) is 39.3 Å². The van der Waals surface area contributed by atoms with Gasteiger partial charge in [0.05, 0.1) is 12.1 Å². The molecule has 3 unspecified atom stereocenters. The molecule has 1 fully saturated rings. The molecule has 0 aromatic carbocycles. The fraction of sp³-hybridized carbons (Fsp3) is 0.643. The van der Waals surface area contributed by atoms with Crippen LogP contribution in [-0.2, 0) is 4.74 Å². The number of rotatable bonds is 4. The van der Waals surface area contributed by atoms with Crippen molar-refractivity contribution in [2.75, 3.05) is 13.2 Å². The summed E-state index contributed by atoms with van der Waals surface area (Å²) in [6.45, 7) is 8.32. The van der Waals surface area contributed by atoms with Crippen LogP contribution in [0.4, 0.5) is 0 Å². The Balaban J connectivity index is 2.22. The second-order valence-corrected chi connectivity index (χ2v) is 4.93. The molecule has 94 valence electrons. The Morgan fingerprint density at radius 1 is 1.53 bits per heavy atom. The average Bonchev–Trinajstić information content (AvgIpc) is 2.72. The molecule has 0 bridgehead atoms. The highest BCUT2D eigenvalue weighted by atomic mass is 16.5. The molecular formula is C14H22N2O. The van der Waals surface area contributed by atoms with Crippen LogP contribution in [0.1, 0.15) is 37.4 Å². The molecule has 2 rings (SSSR count). The van der Waals surface area contributed by atoms with Crippen LogP contribution in [0, 0.1) is 12.8 Å². The number of pyridine rings is 1. The van der Waals surface area contributed by atoms with E-state index in [1.54, 1.807) is 0 Å². The van der Waals surface area contributed by atoms with Gasteiger partial charge in [-0.25, -0.2) is 0 Å². The van der Waals surface area contributed by atoms with Crippen molar-refractivity contribution < 1.29 is 4.74 Å². The normalized spacial score (nSPS) is 26.1. The first-order valence-electron chi connectivity index (χ1n) is 6.49. The van der Waals surface area contributed by atoms with Crippen LogP contribution in [0.2, 0.25) is 0 Å². The lowest BCUT2D eigenvalue weighted by Gasteiger charge is -2.27. The molecule has 1 saturated heterocycles. The van der Waals surface area contributed by atoms with Gasteiger partial charge < -0.3 is 10.1 Å².